The van der Waals surface area contributed by atoms with E-state index in [0.29, 0.717) is 0 Å². The summed E-state index contributed by atoms with van der Waals surface area (Å²) in [6.45, 7) is 2.14. The molecular weight excluding hydrogens is 534 g/mol. The lowest BCUT2D eigenvalue weighted by Gasteiger charge is -2.09. The van der Waals surface area contributed by atoms with Gasteiger partial charge in [0.1, 0.15) is 27.3 Å². The molecule has 0 aliphatic heterocycles. The summed E-state index contributed by atoms with van der Waals surface area (Å²) in [6.07, 6.45) is 0. The van der Waals surface area contributed by atoms with Crippen LogP contribution in [0.5, 0.6) is 0 Å². The Balaban J connectivity index is 1.37. The number of fused-ring (bicyclic) bond motifs is 7. The molecule has 0 N–H and O–H groups in total. The lowest BCUT2D eigenvalue weighted by Crippen LogP contribution is -1.86. The SMILES string of the molecule is Cc1ccccc1-c1nc2c(-c3cccc4c3oc3ccccc34)cc(-c3cccc4c3oc3ccccc34)cc2s1. The molecule has 0 unspecified atom stereocenters. The van der Waals surface area contributed by atoms with E-state index in [2.05, 4.69) is 104 Å². The fourth-order valence-corrected chi connectivity index (χ4v) is 7.37. The van der Waals surface area contributed by atoms with Crippen molar-refractivity contribution < 1.29 is 8.83 Å². The van der Waals surface area contributed by atoms with Crippen LogP contribution in [0.3, 0.4) is 0 Å². The van der Waals surface area contributed by atoms with E-state index in [1.54, 1.807) is 11.3 Å². The Kier molecular flexibility index (Phi) is 4.98. The molecule has 0 aliphatic rings. The quantitative estimate of drug-likeness (QED) is 0.217. The Labute approximate surface area is 245 Å². The number of hydrogen-bond acceptors (Lipinski definition) is 4. The summed E-state index contributed by atoms with van der Waals surface area (Å²) in [6, 6.07) is 42.3. The molecule has 0 bridgehead atoms. The second-order valence-electron chi connectivity index (χ2n) is 10.8. The maximum absolute atomic E-state index is 6.51. The zero-order valence-corrected chi connectivity index (χ0v) is 23.5. The normalized spacial score (nSPS) is 11.9. The van der Waals surface area contributed by atoms with E-state index in [-0.39, 0.29) is 0 Å². The monoisotopic (exact) mass is 557 g/mol. The first-order valence-corrected chi connectivity index (χ1v) is 14.9. The third-order valence-electron chi connectivity index (χ3n) is 8.28. The molecule has 0 atom stereocenters. The van der Waals surface area contributed by atoms with Crippen LogP contribution in [0, 0.1) is 6.92 Å². The van der Waals surface area contributed by atoms with Crippen molar-refractivity contribution in [2.75, 3.05) is 0 Å². The zero-order chi connectivity index (χ0) is 27.8. The van der Waals surface area contributed by atoms with Gasteiger partial charge in [-0.3, -0.25) is 0 Å². The largest absolute Gasteiger partial charge is 0.455 e. The lowest BCUT2D eigenvalue weighted by atomic mass is 9.95. The Hall–Kier alpha value is -5.19. The number of rotatable bonds is 3. The minimum absolute atomic E-state index is 0.879. The van der Waals surface area contributed by atoms with Crippen molar-refractivity contribution >= 4 is 65.4 Å². The van der Waals surface area contributed by atoms with Crippen LogP contribution in [0.25, 0.3) is 86.9 Å². The molecule has 0 radical (unpaired) electrons. The molecule has 3 aromatic heterocycles. The molecule has 3 heterocycles. The van der Waals surface area contributed by atoms with Gasteiger partial charge in [-0.1, -0.05) is 97.1 Å². The average molecular weight is 558 g/mol. The topological polar surface area (TPSA) is 39.2 Å². The van der Waals surface area contributed by atoms with Crippen molar-refractivity contribution in [2.24, 2.45) is 0 Å². The molecule has 6 aromatic carbocycles. The van der Waals surface area contributed by atoms with Gasteiger partial charge in [-0.25, -0.2) is 4.98 Å². The van der Waals surface area contributed by atoms with Crippen LogP contribution in [0.1, 0.15) is 5.56 Å². The standard InChI is InChI=1S/C38H23NO2S/c1-22-10-2-3-11-24(22)38-39-35-31(30-17-9-16-29-27-13-5-7-19-33(27)41-37(29)30)20-23(21-34(35)42-38)25-14-8-15-28-26-12-4-6-18-32(26)40-36(25)28/h2-21H,1H3. The van der Waals surface area contributed by atoms with Crippen LogP contribution in [0.15, 0.2) is 130 Å². The minimum Gasteiger partial charge on any atom is -0.455 e. The van der Waals surface area contributed by atoms with Crippen molar-refractivity contribution in [3.8, 4) is 32.8 Å². The highest BCUT2D eigenvalue weighted by molar-refractivity contribution is 7.21. The highest BCUT2D eigenvalue weighted by Crippen LogP contribution is 2.45. The van der Waals surface area contributed by atoms with E-state index in [1.807, 2.05) is 24.3 Å². The van der Waals surface area contributed by atoms with Gasteiger partial charge in [0.25, 0.3) is 0 Å². The molecule has 0 spiro atoms. The van der Waals surface area contributed by atoms with Crippen molar-refractivity contribution in [3.63, 3.8) is 0 Å². The Morgan fingerprint density at radius 2 is 1.10 bits per heavy atom. The van der Waals surface area contributed by atoms with Crippen LogP contribution in [-0.4, -0.2) is 4.98 Å². The van der Waals surface area contributed by atoms with Crippen LogP contribution in [-0.2, 0) is 0 Å². The first-order chi connectivity index (χ1) is 20.7. The van der Waals surface area contributed by atoms with E-state index in [4.69, 9.17) is 13.8 Å². The van der Waals surface area contributed by atoms with Crippen LogP contribution >= 0.6 is 11.3 Å². The van der Waals surface area contributed by atoms with E-state index in [9.17, 15) is 0 Å². The number of benzene rings is 6. The molecular formula is C38H23NO2S. The molecule has 4 heteroatoms. The molecule has 0 fully saturated rings. The summed E-state index contributed by atoms with van der Waals surface area (Å²) in [7, 11) is 0. The summed E-state index contributed by atoms with van der Waals surface area (Å²) in [4.78, 5) is 5.27. The first kappa shape index (κ1) is 23.5. The highest BCUT2D eigenvalue weighted by atomic mass is 32.1. The smallest absolute Gasteiger partial charge is 0.143 e. The Bertz CT molecular complexity index is 2490. The number of para-hydroxylation sites is 4. The van der Waals surface area contributed by atoms with E-state index in [0.717, 1.165) is 86.9 Å². The summed E-state index contributed by atoms with van der Waals surface area (Å²) in [5.41, 5.74) is 11.2. The van der Waals surface area contributed by atoms with Crippen LogP contribution < -0.4 is 0 Å². The maximum atomic E-state index is 6.51. The molecule has 9 rings (SSSR count). The first-order valence-electron chi connectivity index (χ1n) is 14.0. The van der Waals surface area contributed by atoms with Crippen molar-refractivity contribution in [1.82, 2.24) is 4.98 Å². The number of hydrogen-bond donors (Lipinski definition) is 0. The summed E-state index contributed by atoms with van der Waals surface area (Å²) in [5, 5.41) is 5.49. The van der Waals surface area contributed by atoms with Gasteiger partial charge < -0.3 is 8.83 Å². The fourth-order valence-electron chi connectivity index (χ4n) is 6.25. The molecule has 0 saturated heterocycles. The van der Waals surface area contributed by atoms with Crippen molar-refractivity contribution in [3.05, 3.63) is 127 Å². The van der Waals surface area contributed by atoms with Gasteiger partial charge in [0.05, 0.1) is 10.2 Å². The van der Waals surface area contributed by atoms with Gasteiger partial charge in [-0.05, 0) is 42.3 Å². The molecule has 9 aromatic rings. The van der Waals surface area contributed by atoms with Gasteiger partial charge in [-0.15, -0.1) is 11.3 Å². The second-order valence-corrected chi connectivity index (χ2v) is 11.8. The molecule has 0 amide bonds. The summed E-state index contributed by atoms with van der Waals surface area (Å²) >= 11 is 1.73. The minimum atomic E-state index is 0.879. The van der Waals surface area contributed by atoms with Gasteiger partial charge in [0, 0.05) is 43.8 Å². The maximum Gasteiger partial charge on any atom is 0.143 e. The third-order valence-corrected chi connectivity index (χ3v) is 9.32. The molecule has 0 aliphatic carbocycles. The summed E-state index contributed by atoms with van der Waals surface area (Å²) in [5.74, 6) is 0. The molecule has 0 saturated carbocycles. The molecule has 3 nitrogen and oxygen atoms in total. The van der Waals surface area contributed by atoms with Crippen molar-refractivity contribution in [1.29, 1.82) is 0 Å². The number of aryl methyl sites for hydroxylation is 1. The number of thiazole rings is 1. The number of nitrogens with zero attached hydrogens (tertiary/aromatic N) is 1. The van der Waals surface area contributed by atoms with E-state index < -0.39 is 0 Å². The zero-order valence-electron chi connectivity index (χ0n) is 22.7. The summed E-state index contributed by atoms with van der Waals surface area (Å²) < 4.78 is 14.1. The van der Waals surface area contributed by atoms with Gasteiger partial charge in [0.2, 0.25) is 0 Å². The predicted octanol–water partition coefficient (Wildman–Crippen LogP) is 11.4. The number of furan rings is 2. The predicted molar refractivity (Wildman–Crippen MR) is 175 cm³/mol. The third kappa shape index (κ3) is 3.42. The van der Waals surface area contributed by atoms with Gasteiger partial charge in [-0.2, -0.15) is 0 Å². The van der Waals surface area contributed by atoms with E-state index >= 15 is 0 Å². The Morgan fingerprint density at radius 3 is 1.81 bits per heavy atom. The van der Waals surface area contributed by atoms with Gasteiger partial charge in [0.15, 0.2) is 0 Å². The van der Waals surface area contributed by atoms with Crippen LogP contribution in [0.2, 0.25) is 0 Å². The highest BCUT2D eigenvalue weighted by Gasteiger charge is 2.20. The Morgan fingerprint density at radius 1 is 0.524 bits per heavy atom. The van der Waals surface area contributed by atoms with Gasteiger partial charge >= 0.3 is 0 Å². The number of aromatic nitrogens is 1. The molecule has 42 heavy (non-hydrogen) atoms. The fraction of sp³-hybridized carbons (Fsp3) is 0.0263. The van der Waals surface area contributed by atoms with Crippen molar-refractivity contribution in [2.45, 2.75) is 6.92 Å². The molecule has 198 valence electrons. The average Bonchev–Trinajstić information content (AvgIpc) is 3.74. The van der Waals surface area contributed by atoms with Crippen LogP contribution in [0.4, 0.5) is 0 Å². The lowest BCUT2D eigenvalue weighted by molar-refractivity contribution is 0.670. The second kappa shape index (κ2) is 8.90. The van der Waals surface area contributed by atoms with E-state index in [1.165, 1.54) is 5.56 Å².